The molecule has 0 N–H and O–H groups in total. The highest BCUT2D eigenvalue weighted by Crippen LogP contribution is 2.26. The van der Waals surface area contributed by atoms with Gasteiger partial charge in [-0.15, -0.1) is 11.3 Å². The minimum atomic E-state index is 0.0309. The van der Waals surface area contributed by atoms with Crippen LogP contribution in [-0.2, 0) is 12.0 Å². The van der Waals surface area contributed by atoms with Gasteiger partial charge >= 0.3 is 0 Å². The van der Waals surface area contributed by atoms with Gasteiger partial charge in [0.05, 0.1) is 16.4 Å². The van der Waals surface area contributed by atoms with Crippen molar-refractivity contribution in [1.29, 1.82) is 0 Å². The van der Waals surface area contributed by atoms with E-state index in [0.717, 1.165) is 42.4 Å². The first-order valence-corrected chi connectivity index (χ1v) is 11.3. The number of rotatable bonds is 3. The molecule has 1 amide bonds. The average Bonchev–Trinajstić information content (AvgIpc) is 3.26. The number of aromatic nitrogens is 4. The van der Waals surface area contributed by atoms with Crippen molar-refractivity contribution in [3.63, 3.8) is 0 Å². The Morgan fingerprint density at radius 3 is 2.43 bits per heavy atom. The van der Waals surface area contributed by atoms with Crippen molar-refractivity contribution >= 4 is 22.9 Å². The molecule has 4 heterocycles. The number of fused-ring (bicyclic) bond motifs is 1. The van der Waals surface area contributed by atoms with Gasteiger partial charge in [0.1, 0.15) is 5.56 Å². The maximum Gasteiger partial charge on any atom is 0.259 e. The van der Waals surface area contributed by atoms with Crippen molar-refractivity contribution in [2.24, 2.45) is 0 Å². The first-order chi connectivity index (χ1) is 14.1. The summed E-state index contributed by atoms with van der Waals surface area (Å²) in [6.45, 7) is 16.4. The third kappa shape index (κ3) is 3.98. The minimum Gasteiger partial charge on any atom is -0.336 e. The molecule has 30 heavy (non-hydrogen) atoms. The molecule has 8 heteroatoms. The van der Waals surface area contributed by atoms with Gasteiger partial charge in [0.15, 0.2) is 5.65 Å². The fourth-order valence-corrected chi connectivity index (χ4v) is 4.80. The Labute approximate surface area is 181 Å². The number of piperazine rings is 1. The first-order valence-electron chi connectivity index (χ1n) is 10.4. The second-order valence-corrected chi connectivity index (χ2v) is 10.1. The lowest BCUT2D eigenvalue weighted by Crippen LogP contribution is -2.48. The molecular weight excluding hydrogens is 396 g/mol. The summed E-state index contributed by atoms with van der Waals surface area (Å²) < 4.78 is 1.78. The van der Waals surface area contributed by atoms with E-state index in [0.29, 0.717) is 24.3 Å². The summed E-state index contributed by atoms with van der Waals surface area (Å²) in [6, 6.07) is 1.98. The molecule has 0 unspecified atom stereocenters. The summed E-state index contributed by atoms with van der Waals surface area (Å²) in [4.78, 5) is 27.0. The van der Waals surface area contributed by atoms with Gasteiger partial charge in [-0.05, 0) is 26.8 Å². The van der Waals surface area contributed by atoms with Gasteiger partial charge in [0.2, 0.25) is 0 Å². The SMILES string of the molecule is Cc1cc(C)n2nc(C)c(C(=O)N3CCN(Cc4csc(C(C)(C)C)n4)CC3)c2n1. The van der Waals surface area contributed by atoms with Gasteiger partial charge in [-0.25, -0.2) is 14.5 Å². The van der Waals surface area contributed by atoms with Crippen molar-refractivity contribution in [3.8, 4) is 0 Å². The normalized spacial score (nSPS) is 15.9. The molecule has 0 aliphatic carbocycles. The zero-order chi connectivity index (χ0) is 21.6. The summed E-state index contributed by atoms with van der Waals surface area (Å²) in [6.07, 6.45) is 0. The first kappa shape index (κ1) is 20.9. The molecule has 1 saturated heterocycles. The zero-order valence-corrected chi connectivity index (χ0v) is 19.5. The molecule has 3 aromatic rings. The molecule has 160 valence electrons. The number of hydrogen-bond donors (Lipinski definition) is 0. The van der Waals surface area contributed by atoms with Crippen LogP contribution in [0.5, 0.6) is 0 Å². The van der Waals surface area contributed by atoms with E-state index in [2.05, 4.69) is 41.1 Å². The average molecular weight is 427 g/mol. The van der Waals surface area contributed by atoms with E-state index in [1.165, 1.54) is 5.01 Å². The number of carbonyl (C=O) groups is 1. The van der Waals surface area contributed by atoms with Gasteiger partial charge in [-0.3, -0.25) is 9.69 Å². The smallest absolute Gasteiger partial charge is 0.259 e. The largest absolute Gasteiger partial charge is 0.336 e. The van der Waals surface area contributed by atoms with Crippen LogP contribution in [0.2, 0.25) is 0 Å². The fourth-order valence-electron chi connectivity index (χ4n) is 3.90. The summed E-state index contributed by atoms with van der Waals surface area (Å²) in [5.74, 6) is 0.0309. The minimum absolute atomic E-state index is 0.0309. The number of hydrogen-bond acceptors (Lipinski definition) is 6. The van der Waals surface area contributed by atoms with Crippen LogP contribution in [0.3, 0.4) is 0 Å². The number of carbonyl (C=O) groups excluding carboxylic acids is 1. The molecule has 0 atom stereocenters. The molecule has 1 aliphatic heterocycles. The second kappa shape index (κ2) is 7.74. The summed E-state index contributed by atoms with van der Waals surface area (Å²) in [5.41, 5.74) is 5.13. The highest BCUT2D eigenvalue weighted by Gasteiger charge is 2.28. The van der Waals surface area contributed by atoms with E-state index in [1.807, 2.05) is 31.7 Å². The maximum atomic E-state index is 13.3. The molecule has 0 radical (unpaired) electrons. The molecular formula is C22H30N6OS. The van der Waals surface area contributed by atoms with Crippen molar-refractivity contribution in [2.75, 3.05) is 26.2 Å². The van der Waals surface area contributed by atoms with Gasteiger partial charge < -0.3 is 4.90 Å². The van der Waals surface area contributed by atoms with Crippen LogP contribution in [0, 0.1) is 20.8 Å². The Morgan fingerprint density at radius 1 is 1.10 bits per heavy atom. The fraction of sp³-hybridized carbons (Fsp3) is 0.545. The molecule has 0 spiro atoms. The molecule has 0 bridgehead atoms. The van der Waals surface area contributed by atoms with E-state index in [4.69, 9.17) is 4.98 Å². The number of thiazole rings is 1. The summed E-state index contributed by atoms with van der Waals surface area (Å²) >= 11 is 1.74. The Bertz CT molecular complexity index is 1090. The Balaban J connectivity index is 1.45. The molecule has 0 aromatic carbocycles. The number of nitrogens with zero attached hydrogens (tertiary/aromatic N) is 6. The van der Waals surface area contributed by atoms with E-state index in [9.17, 15) is 4.79 Å². The molecule has 7 nitrogen and oxygen atoms in total. The van der Waals surface area contributed by atoms with Crippen molar-refractivity contribution < 1.29 is 4.79 Å². The summed E-state index contributed by atoms with van der Waals surface area (Å²) in [5, 5.41) is 7.89. The lowest BCUT2D eigenvalue weighted by atomic mass is 9.98. The monoisotopic (exact) mass is 426 g/mol. The van der Waals surface area contributed by atoms with Crippen molar-refractivity contribution in [3.05, 3.63) is 44.8 Å². The zero-order valence-electron chi connectivity index (χ0n) is 18.7. The van der Waals surface area contributed by atoms with Crippen LogP contribution in [0.15, 0.2) is 11.4 Å². The Morgan fingerprint density at radius 2 is 1.80 bits per heavy atom. The Hall–Kier alpha value is -2.32. The predicted octanol–water partition coefficient (Wildman–Crippen LogP) is 3.37. The molecule has 3 aromatic heterocycles. The van der Waals surface area contributed by atoms with Crippen LogP contribution in [0.25, 0.3) is 5.65 Å². The molecule has 1 fully saturated rings. The van der Waals surface area contributed by atoms with E-state index < -0.39 is 0 Å². The topological polar surface area (TPSA) is 66.6 Å². The van der Waals surface area contributed by atoms with Gasteiger partial charge in [0.25, 0.3) is 5.91 Å². The third-order valence-electron chi connectivity index (χ3n) is 5.52. The summed E-state index contributed by atoms with van der Waals surface area (Å²) in [7, 11) is 0. The predicted molar refractivity (Wildman–Crippen MR) is 119 cm³/mol. The second-order valence-electron chi connectivity index (χ2n) is 9.20. The van der Waals surface area contributed by atoms with Crippen LogP contribution in [-0.4, -0.2) is 61.5 Å². The standard InChI is InChI=1S/C22H30N6OS/c1-14-11-15(2)28-19(23-14)18(16(3)25-28)20(29)27-9-7-26(8-10-27)12-17-13-30-21(24-17)22(4,5)6/h11,13H,7-10,12H2,1-6H3. The van der Waals surface area contributed by atoms with E-state index in [1.54, 1.807) is 15.9 Å². The highest BCUT2D eigenvalue weighted by atomic mass is 32.1. The lowest BCUT2D eigenvalue weighted by molar-refractivity contribution is 0.0628. The molecule has 4 rings (SSSR count). The number of aryl methyl sites for hydroxylation is 3. The van der Waals surface area contributed by atoms with Gasteiger partial charge in [-0.2, -0.15) is 5.10 Å². The van der Waals surface area contributed by atoms with Crippen LogP contribution < -0.4 is 0 Å². The van der Waals surface area contributed by atoms with E-state index >= 15 is 0 Å². The molecule has 1 aliphatic rings. The number of amides is 1. The van der Waals surface area contributed by atoms with Crippen molar-refractivity contribution in [2.45, 2.75) is 53.5 Å². The lowest BCUT2D eigenvalue weighted by Gasteiger charge is -2.34. The van der Waals surface area contributed by atoms with Gasteiger partial charge in [0, 0.05) is 54.9 Å². The van der Waals surface area contributed by atoms with Crippen LogP contribution >= 0.6 is 11.3 Å². The molecule has 0 saturated carbocycles. The third-order valence-corrected chi connectivity index (χ3v) is 6.84. The van der Waals surface area contributed by atoms with Crippen LogP contribution in [0.1, 0.15) is 58.9 Å². The Kier molecular flexibility index (Phi) is 5.40. The van der Waals surface area contributed by atoms with Crippen molar-refractivity contribution in [1.82, 2.24) is 29.4 Å². The highest BCUT2D eigenvalue weighted by molar-refractivity contribution is 7.09. The van der Waals surface area contributed by atoms with Gasteiger partial charge in [-0.1, -0.05) is 20.8 Å². The maximum absolute atomic E-state index is 13.3. The van der Waals surface area contributed by atoms with E-state index in [-0.39, 0.29) is 11.3 Å². The quantitative estimate of drug-likeness (QED) is 0.642. The van der Waals surface area contributed by atoms with Crippen LogP contribution in [0.4, 0.5) is 0 Å².